The summed E-state index contributed by atoms with van der Waals surface area (Å²) in [4.78, 5) is 14.8. The predicted octanol–water partition coefficient (Wildman–Crippen LogP) is 1.29. The largest absolute Gasteiger partial charge is 0.390 e. The van der Waals surface area contributed by atoms with E-state index in [2.05, 4.69) is 18.7 Å². The number of fused-ring (bicyclic) bond motifs is 1. The van der Waals surface area contributed by atoms with Crippen LogP contribution in [0, 0.1) is 0 Å². The van der Waals surface area contributed by atoms with Gasteiger partial charge in [0.1, 0.15) is 0 Å². The first kappa shape index (κ1) is 17.2. The maximum atomic E-state index is 12.6. The number of imidazole rings is 1. The molecule has 24 heavy (non-hydrogen) atoms. The van der Waals surface area contributed by atoms with E-state index in [-0.39, 0.29) is 17.9 Å². The minimum Gasteiger partial charge on any atom is -0.390 e. The Hall–Kier alpha value is -1.63. The van der Waals surface area contributed by atoms with Crippen LogP contribution >= 0.6 is 0 Å². The summed E-state index contributed by atoms with van der Waals surface area (Å²) in [6.07, 6.45) is -0.243. The summed E-state index contributed by atoms with van der Waals surface area (Å²) in [5.74, 6) is 0. The zero-order valence-corrected chi connectivity index (χ0v) is 14.7. The Balaban J connectivity index is 1.77. The average Bonchev–Trinajstić information content (AvgIpc) is 2.78. The lowest BCUT2D eigenvalue weighted by Crippen LogP contribution is -2.48. The Morgan fingerprint density at radius 2 is 1.71 bits per heavy atom. The highest BCUT2D eigenvalue weighted by Crippen LogP contribution is 2.15. The summed E-state index contributed by atoms with van der Waals surface area (Å²) < 4.78 is 9.17. The van der Waals surface area contributed by atoms with Crippen LogP contribution in [-0.2, 0) is 17.8 Å². The zero-order chi connectivity index (χ0) is 17.3. The summed E-state index contributed by atoms with van der Waals surface area (Å²) in [6.45, 7) is 9.18. The van der Waals surface area contributed by atoms with E-state index in [0.29, 0.717) is 19.6 Å². The maximum Gasteiger partial charge on any atom is 0.329 e. The van der Waals surface area contributed by atoms with Gasteiger partial charge in [0, 0.05) is 26.2 Å². The number of morpholine rings is 1. The van der Waals surface area contributed by atoms with Crippen LogP contribution in [0.15, 0.2) is 29.1 Å². The molecular weight excluding hydrogens is 306 g/mol. The van der Waals surface area contributed by atoms with Gasteiger partial charge in [0.05, 0.1) is 35.9 Å². The number of aromatic nitrogens is 2. The molecule has 2 aromatic rings. The third-order valence-corrected chi connectivity index (χ3v) is 4.60. The molecule has 1 aliphatic rings. The molecule has 0 amide bonds. The van der Waals surface area contributed by atoms with Gasteiger partial charge in [-0.1, -0.05) is 12.1 Å². The number of hydrogen-bond acceptors (Lipinski definition) is 4. The molecule has 0 aliphatic carbocycles. The lowest BCUT2D eigenvalue weighted by Gasteiger charge is -2.36. The van der Waals surface area contributed by atoms with Crippen LogP contribution in [0.5, 0.6) is 0 Å². The molecule has 3 atom stereocenters. The van der Waals surface area contributed by atoms with Crippen LogP contribution in [0.2, 0.25) is 0 Å². The molecule has 1 fully saturated rings. The van der Waals surface area contributed by atoms with Gasteiger partial charge in [-0.2, -0.15) is 0 Å². The minimum absolute atomic E-state index is 0.0542. The molecule has 1 aromatic carbocycles. The van der Waals surface area contributed by atoms with E-state index < -0.39 is 6.10 Å². The maximum absolute atomic E-state index is 12.6. The summed E-state index contributed by atoms with van der Waals surface area (Å²) >= 11 is 0. The fraction of sp³-hybridized carbons (Fsp3) is 0.611. The summed E-state index contributed by atoms with van der Waals surface area (Å²) in [7, 11) is 0. The summed E-state index contributed by atoms with van der Waals surface area (Å²) in [5, 5.41) is 10.5. The van der Waals surface area contributed by atoms with Gasteiger partial charge in [0.25, 0.3) is 0 Å². The standard InChI is InChI=1S/C18H27N3O3/c1-4-20-16-7-5-6-8-17(16)21(18(20)23)12-15(22)11-19-9-13(2)24-14(3)10-19/h5-8,13-15,22H,4,9-12H2,1-3H3. The van der Waals surface area contributed by atoms with Crippen molar-refractivity contribution in [1.29, 1.82) is 0 Å². The lowest BCUT2D eigenvalue weighted by atomic mass is 10.2. The first-order chi connectivity index (χ1) is 11.5. The number of aliphatic hydroxyl groups is 1. The van der Waals surface area contributed by atoms with Gasteiger partial charge in [0.2, 0.25) is 0 Å². The lowest BCUT2D eigenvalue weighted by molar-refractivity contribution is -0.0772. The zero-order valence-electron chi connectivity index (χ0n) is 14.7. The van der Waals surface area contributed by atoms with Crippen LogP contribution in [0.25, 0.3) is 11.0 Å². The highest BCUT2D eigenvalue weighted by Gasteiger charge is 2.24. The number of ether oxygens (including phenoxy) is 1. The van der Waals surface area contributed by atoms with E-state index in [1.165, 1.54) is 0 Å². The van der Waals surface area contributed by atoms with E-state index >= 15 is 0 Å². The second kappa shape index (κ2) is 7.09. The summed E-state index contributed by atoms with van der Waals surface area (Å²) in [5.41, 5.74) is 1.75. The molecule has 0 spiro atoms. The molecule has 0 radical (unpaired) electrons. The smallest absolute Gasteiger partial charge is 0.329 e. The van der Waals surface area contributed by atoms with Crippen molar-refractivity contribution in [1.82, 2.24) is 14.0 Å². The number of rotatable bonds is 5. The second-order valence-electron chi connectivity index (χ2n) is 6.76. The van der Waals surface area contributed by atoms with E-state index in [4.69, 9.17) is 4.74 Å². The molecule has 1 aliphatic heterocycles. The molecule has 6 heteroatoms. The first-order valence-corrected chi connectivity index (χ1v) is 8.73. The predicted molar refractivity (Wildman–Crippen MR) is 94.3 cm³/mol. The van der Waals surface area contributed by atoms with Crippen LogP contribution < -0.4 is 5.69 Å². The van der Waals surface area contributed by atoms with Gasteiger partial charge in [-0.15, -0.1) is 0 Å². The molecule has 0 saturated carbocycles. The highest BCUT2D eigenvalue weighted by atomic mass is 16.5. The SMILES string of the molecule is CCn1c(=O)n(CC(O)CN2CC(C)OC(C)C2)c2ccccc21. The highest BCUT2D eigenvalue weighted by molar-refractivity contribution is 5.75. The van der Waals surface area contributed by atoms with Gasteiger partial charge in [0.15, 0.2) is 0 Å². The number of benzene rings is 1. The third-order valence-electron chi connectivity index (χ3n) is 4.60. The average molecular weight is 333 g/mol. The summed E-state index contributed by atoms with van der Waals surface area (Å²) in [6, 6.07) is 7.75. The Kier molecular flexibility index (Phi) is 5.08. The monoisotopic (exact) mass is 333 g/mol. The van der Waals surface area contributed by atoms with Gasteiger partial charge < -0.3 is 9.84 Å². The van der Waals surface area contributed by atoms with Gasteiger partial charge >= 0.3 is 5.69 Å². The second-order valence-corrected chi connectivity index (χ2v) is 6.76. The number of para-hydroxylation sites is 2. The van der Waals surface area contributed by atoms with Gasteiger partial charge in [-0.3, -0.25) is 14.0 Å². The molecule has 3 unspecified atom stereocenters. The van der Waals surface area contributed by atoms with E-state index in [1.807, 2.05) is 31.2 Å². The van der Waals surface area contributed by atoms with Crippen LogP contribution in [-0.4, -0.2) is 57.1 Å². The van der Waals surface area contributed by atoms with Crippen molar-refractivity contribution in [2.24, 2.45) is 0 Å². The van der Waals surface area contributed by atoms with Crippen molar-refractivity contribution in [2.75, 3.05) is 19.6 Å². The normalized spacial score (nSPS) is 23.7. The quantitative estimate of drug-likeness (QED) is 0.896. The molecule has 132 valence electrons. The van der Waals surface area contributed by atoms with Crippen LogP contribution in [0.4, 0.5) is 0 Å². The third kappa shape index (κ3) is 3.41. The molecule has 1 N–H and O–H groups in total. The topological polar surface area (TPSA) is 59.6 Å². The number of aliphatic hydroxyl groups excluding tert-OH is 1. The van der Waals surface area contributed by atoms with Gasteiger partial charge in [-0.05, 0) is 32.9 Å². The molecular formula is C18H27N3O3. The van der Waals surface area contributed by atoms with E-state index in [9.17, 15) is 9.90 Å². The Morgan fingerprint density at radius 3 is 2.29 bits per heavy atom. The number of β-amino-alcohol motifs (C(OH)–C–C–N with tert-alkyl or cyclic N) is 1. The number of nitrogens with zero attached hydrogens (tertiary/aromatic N) is 3. The molecule has 3 rings (SSSR count). The van der Waals surface area contributed by atoms with Crippen molar-refractivity contribution in [3.63, 3.8) is 0 Å². The van der Waals surface area contributed by atoms with Crippen LogP contribution in [0.3, 0.4) is 0 Å². The van der Waals surface area contributed by atoms with E-state index in [1.54, 1.807) is 9.13 Å². The Morgan fingerprint density at radius 1 is 1.12 bits per heavy atom. The number of aryl methyl sites for hydroxylation is 1. The molecule has 0 bridgehead atoms. The molecule has 1 aromatic heterocycles. The molecule has 6 nitrogen and oxygen atoms in total. The first-order valence-electron chi connectivity index (χ1n) is 8.73. The van der Waals surface area contributed by atoms with Crippen LogP contribution in [0.1, 0.15) is 20.8 Å². The Labute approximate surface area is 142 Å². The van der Waals surface area contributed by atoms with Crippen molar-refractivity contribution in [3.8, 4) is 0 Å². The minimum atomic E-state index is -0.587. The number of hydrogen-bond donors (Lipinski definition) is 1. The van der Waals surface area contributed by atoms with E-state index in [0.717, 1.165) is 24.1 Å². The molecule has 2 heterocycles. The van der Waals surface area contributed by atoms with Crippen molar-refractivity contribution >= 4 is 11.0 Å². The van der Waals surface area contributed by atoms with Crippen molar-refractivity contribution in [3.05, 3.63) is 34.7 Å². The molecule has 1 saturated heterocycles. The van der Waals surface area contributed by atoms with Gasteiger partial charge in [-0.25, -0.2) is 4.79 Å². The Bertz CT molecular complexity index is 742. The fourth-order valence-corrected chi connectivity index (χ4v) is 3.75. The fourth-order valence-electron chi connectivity index (χ4n) is 3.75. The van der Waals surface area contributed by atoms with Crippen molar-refractivity contribution < 1.29 is 9.84 Å². The van der Waals surface area contributed by atoms with Crippen molar-refractivity contribution in [2.45, 2.75) is 52.2 Å².